The lowest BCUT2D eigenvalue weighted by Gasteiger charge is -2.35. The third-order valence-corrected chi connectivity index (χ3v) is 5.20. The van der Waals surface area contributed by atoms with E-state index in [-0.39, 0.29) is 6.04 Å². The van der Waals surface area contributed by atoms with E-state index in [0.717, 1.165) is 21.3 Å². The van der Waals surface area contributed by atoms with E-state index in [0.29, 0.717) is 5.92 Å². The van der Waals surface area contributed by atoms with E-state index >= 15 is 0 Å². The van der Waals surface area contributed by atoms with Gasteiger partial charge < -0.3 is 5.32 Å². The Kier molecular flexibility index (Phi) is 3.77. The predicted molar refractivity (Wildman–Crippen MR) is 94.2 cm³/mol. The number of rotatable bonds is 4. The van der Waals surface area contributed by atoms with E-state index in [1.807, 2.05) is 13.2 Å². The van der Waals surface area contributed by atoms with E-state index < -0.39 is 0 Å². The number of hydrogen-bond donors (Lipinski definition) is 1. The van der Waals surface area contributed by atoms with Gasteiger partial charge >= 0.3 is 0 Å². The molecule has 6 heteroatoms. The molecule has 1 fully saturated rings. The highest BCUT2D eigenvalue weighted by molar-refractivity contribution is 9.10. The lowest BCUT2D eigenvalue weighted by Crippen LogP contribution is -2.26. The number of benzene rings is 1. The Morgan fingerprint density at radius 1 is 1.22 bits per heavy atom. The van der Waals surface area contributed by atoms with Crippen LogP contribution in [0.2, 0.25) is 0 Å². The molecule has 0 aliphatic heterocycles. The first-order valence-corrected chi connectivity index (χ1v) is 8.66. The summed E-state index contributed by atoms with van der Waals surface area (Å²) < 4.78 is 2.88. The fraction of sp³-hybridized carbons (Fsp3) is 0.353. The maximum absolute atomic E-state index is 4.46. The summed E-state index contributed by atoms with van der Waals surface area (Å²) in [7, 11) is 1.90. The Labute approximate surface area is 143 Å². The molecule has 1 aromatic carbocycles. The third-order valence-electron chi connectivity index (χ3n) is 4.67. The minimum absolute atomic E-state index is 0.273. The fourth-order valence-electron chi connectivity index (χ4n) is 3.14. The number of anilines is 1. The van der Waals surface area contributed by atoms with Crippen molar-refractivity contribution >= 4 is 32.8 Å². The molecule has 4 rings (SSSR count). The van der Waals surface area contributed by atoms with Gasteiger partial charge in [-0.1, -0.05) is 34.5 Å². The van der Waals surface area contributed by atoms with Crippen LogP contribution in [0.3, 0.4) is 0 Å². The molecule has 0 saturated heterocycles. The van der Waals surface area contributed by atoms with Gasteiger partial charge in [-0.05, 0) is 36.5 Å². The molecule has 2 aromatic heterocycles. The van der Waals surface area contributed by atoms with Crippen LogP contribution in [-0.4, -0.2) is 19.7 Å². The predicted octanol–water partition coefficient (Wildman–Crippen LogP) is 4.08. The summed E-state index contributed by atoms with van der Waals surface area (Å²) in [6.07, 6.45) is 7.26. The topological polar surface area (TPSA) is 55.6 Å². The molecule has 0 amide bonds. The smallest absolute Gasteiger partial charge is 0.163 e. The largest absolute Gasteiger partial charge is 0.362 e. The van der Waals surface area contributed by atoms with Gasteiger partial charge in [0, 0.05) is 11.5 Å². The molecule has 118 valence electrons. The number of aryl methyl sites for hydroxylation is 1. The average molecular weight is 372 g/mol. The van der Waals surface area contributed by atoms with Crippen LogP contribution in [-0.2, 0) is 7.05 Å². The summed E-state index contributed by atoms with van der Waals surface area (Å²) in [5.74, 6) is 1.51. The van der Waals surface area contributed by atoms with Crippen molar-refractivity contribution < 1.29 is 0 Å². The van der Waals surface area contributed by atoms with Gasteiger partial charge in [0.15, 0.2) is 5.65 Å². The van der Waals surface area contributed by atoms with Crippen LogP contribution in [0.25, 0.3) is 11.0 Å². The van der Waals surface area contributed by atoms with Crippen LogP contribution in [0, 0.1) is 5.92 Å². The maximum atomic E-state index is 4.46. The fourth-order valence-corrected chi connectivity index (χ4v) is 3.41. The molecule has 1 aliphatic carbocycles. The number of nitrogens with one attached hydrogen (secondary N) is 1. The van der Waals surface area contributed by atoms with E-state index in [9.17, 15) is 0 Å². The summed E-state index contributed by atoms with van der Waals surface area (Å²) >= 11 is 3.51. The third kappa shape index (κ3) is 2.72. The van der Waals surface area contributed by atoms with Crippen molar-refractivity contribution in [3.05, 3.63) is 46.8 Å². The number of nitrogens with zero attached hydrogens (tertiary/aromatic N) is 4. The van der Waals surface area contributed by atoms with Gasteiger partial charge in [-0.2, -0.15) is 5.10 Å². The van der Waals surface area contributed by atoms with Crippen LogP contribution < -0.4 is 5.32 Å². The summed E-state index contributed by atoms with van der Waals surface area (Å²) in [6.45, 7) is 0. The van der Waals surface area contributed by atoms with Crippen molar-refractivity contribution in [1.82, 2.24) is 19.7 Å². The molecule has 0 radical (unpaired) electrons. The van der Waals surface area contributed by atoms with Gasteiger partial charge in [0.1, 0.15) is 12.1 Å². The first kappa shape index (κ1) is 14.6. The monoisotopic (exact) mass is 371 g/mol. The zero-order chi connectivity index (χ0) is 15.8. The Balaban J connectivity index is 1.70. The Bertz CT molecular complexity index is 823. The highest BCUT2D eigenvalue weighted by Gasteiger charge is 2.29. The molecule has 1 unspecified atom stereocenters. The molecular weight excluding hydrogens is 354 g/mol. The first-order chi connectivity index (χ1) is 11.2. The van der Waals surface area contributed by atoms with E-state index in [4.69, 9.17) is 0 Å². The number of aromatic nitrogens is 4. The van der Waals surface area contributed by atoms with Crippen molar-refractivity contribution in [2.45, 2.75) is 25.3 Å². The normalized spacial score (nSPS) is 16.3. The summed E-state index contributed by atoms with van der Waals surface area (Å²) in [6, 6.07) is 8.84. The highest BCUT2D eigenvalue weighted by atomic mass is 79.9. The molecule has 3 aromatic rings. The Morgan fingerprint density at radius 2 is 2.00 bits per heavy atom. The van der Waals surface area contributed by atoms with Gasteiger partial charge in [-0.25, -0.2) is 9.97 Å². The van der Waals surface area contributed by atoms with Gasteiger partial charge in [0.25, 0.3) is 0 Å². The van der Waals surface area contributed by atoms with E-state index in [1.54, 1.807) is 11.0 Å². The van der Waals surface area contributed by atoms with E-state index in [1.165, 1.54) is 24.8 Å². The lowest BCUT2D eigenvalue weighted by molar-refractivity contribution is 0.277. The molecule has 23 heavy (non-hydrogen) atoms. The zero-order valence-electron chi connectivity index (χ0n) is 12.9. The molecular formula is C17H18BrN5. The second kappa shape index (κ2) is 5.92. The summed E-state index contributed by atoms with van der Waals surface area (Å²) in [5.41, 5.74) is 2.15. The molecule has 1 aliphatic rings. The second-order valence-electron chi connectivity index (χ2n) is 6.09. The highest BCUT2D eigenvalue weighted by Crippen LogP contribution is 2.40. The standard InChI is InChI=1S/C17H18BrN5/c1-23-17-14(9-21-23)16(19-10-20-17)22-15(11-3-2-4-11)12-5-7-13(18)8-6-12/h5-11,15H,2-4H2,1H3,(H,19,20,22). The van der Waals surface area contributed by atoms with Crippen LogP contribution in [0.1, 0.15) is 30.9 Å². The van der Waals surface area contributed by atoms with E-state index in [2.05, 4.69) is 60.6 Å². The summed E-state index contributed by atoms with van der Waals surface area (Å²) in [4.78, 5) is 8.77. The van der Waals surface area contributed by atoms with Crippen molar-refractivity contribution in [2.24, 2.45) is 13.0 Å². The van der Waals surface area contributed by atoms with Crippen LogP contribution in [0.5, 0.6) is 0 Å². The molecule has 0 spiro atoms. The molecule has 2 heterocycles. The minimum atomic E-state index is 0.273. The maximum Gasteiger partial charge on any atom is 0.163 e. The second-order valence-corrected chi connectivity index (χ2v) is 7.01. The van der Waals surface area contributed by atoms with Gasteiger partial charge in [-0.15, -0.1) is 0 Å². The number of fused-ring (bicyclic) bond motifs is 1. The lowest BCUT2D eigenvalue weighted by atomic mass is 9.77. The molecule has 1 N–H and O–H groups in total. The quantitative estimate of drug-likeness (QED) is 0.750. The SMILES string of the molecule is Cn1ncc2c(NC(c3ccc(Br)cc3)C3CCC3)ncnc21. The molecule has 0 bridgehead atoms. The average Bonchev–Trinajstić information content (AvgIpc) is 2.88. The molecule has 1 saturated carbocycles. The van der Waals surface area contributed by atoms with Gasteiger partial charge in [0.05, 0.1) is 17.6 Å². The number of halogens is 1. The Morgan fingerprint density at radius 3 is 2.70 bits per heavy atom. The van der Waals surface area contributed by atoms with Crippen LogP contribution >= 0.6 is 15.9 Å². The van der Waals surface area contributed by atoms with Crippen molar-refractivity contribution in [2.75, 3.05) is 5.32 Å². The molecule has 5 nitrogen and oxygen atoms in total. The van der Waals surface area contributed by atoms with Gasteiger partial charge in [-0.3, -0.25) is 4.68 Å². The van der Waals surface area contributed by atoms with Crippen LogP contribution in [0.4, 0.5) is 5.82 Å². The number of hydrogen-bond acceptors (Lipinski definition) is 4. The Hall–Kier alpha value is -1.95. The van der Waals surface area contributed by atoms with Crippen molar-refractivity contribution in [3.63, 3.8) is 0 Å². The molecule has 1 atom stereocenters. The van der Waals surface area contributed by atoms with Crippen molar-refractivity contribution in [3.8, 4) is 0 Å². The minimum Gasteiger partial charge on any atom is -0.362 e. The zero-order valence-corrected chi connectivity index (χ0v) is 14.5. The summed E-state index contributed by atoms with van der Waals surface area (Å²) in [5, 5.41) is 8.92. The van der Waals surface area contributed by atoms with Crippen LogP contribution in [0.15, 0.2) is 41.3 Å². The van der Waals surface area contributed by atoms with Gasteiger partial charge in [0.2, 0.25) is 0 Å². The first-order valence-electron chi connectivity index (χ1n) is 7.87. The van der Waals surface area contributed by atoms with Crippen molar-refractivity contribution in [1.29, 1.82) is 0 Å².